The maximum absolute atomic E-state index is 13.1. The van der Waals surface area contributed by atoms with E-state index in [2.05, 4.69) is 0 Å². The third-order valence-corrected chi connectivity index (χ3v) is 5.18. The molecule has 1 aromatic heterocycles. The highest BCUT2D eigenvalue weighted by atomic mass is 35.5. The van der Waals surface area contributed by atoms with Crippen LogP contribution in [-0.2, 0) is 0 Å². The molecule has 1 atom stereocenters. The highest BCUT2D eigenvalue weighted by molar-refractivity contribution is 6.32. The summed E-state index contributed by atoms with van der Waals surface area (Å²) in [5.41, 5.74) is 3.35. The molecule has 5 heteroatoms. The zero-order chi connectivity index (χ0) is 17.9. The Morgan fingerprint density at radius 2 is 1.76 bits per heavy atom. The van der Waals surface area contributed by atoms with E-state index < -0.39 is 6.04 Å². The Morgan fingerprint density at radius 3 is 2.44 bits per heavy atom. The van der Waals surface area contributed by atoms with Gasteiger partial charge in [0.25, 0.3) is 5.91 Å². The summed E-state index contributed by atoms with van der Waals surface area (Å²) in [5.74, 6) is -0.167. The Labute approximate surface area is 149 Å². The SMILES string of the molecule is Cc1ccc(C2c3c(oc4cc(C)c(Cl)cc4c3=O)C(=O)N2C)cc1. The number of nitrogens with zero attached hydrogens (tertiary/aromatic N) is 1. The fraction of sp³-hybridized carbons (Fsp3) is 0.200. The van der Waals surface area contributed by atoms with Crippen molar-refractivity contribution in [2.75, 3.05) is 7.05 Å². The second-order valence-corrected chi connectivity index (χ2v) is 6.91. The molecule has 4 rings (SSSR count). The summed E-state index contributed by atoms with van der Waals surface area (Å²) in [6.45, 7) is 3.82. The number of amides is 1. The van der Waals surface area contributed by atoms with Gasteiger partial charge in [0.05, 0.1) is 17.0 Å². The standard InChI is InChI=1S/C20H16ClNO3/c1-10-4-6-12(7-5-10)17-16-18(23)13-9-14(21)11(2)8-15(13)25-19(16)20(24)22(17)3/h4-9,17H,1-3H3. The first-order chi connectivity index (χ1) is 11.9. The van der Waals surface area contributed by atoms with Crippen LogP contribution in [0, 0.1) is 13.8 Å². The summed E-state index contributed by atoms with van der Waals surface area (Å²) in [6, 6.07) is 10.7. The van der Waals surface area contributed by atoms with Gasteiger partial charge in [-0.2, -0.15) is 0 Å². The second kappa shape index (κ2) is 5.46. The molecule has 0 spiro atoms. The van der Waals surface area contributed by atoms with Crippen LogP contribution < -0.4 is 5.43 Å². The zero-order valence-corrected chi connectivity index (χ0v) is 14.8. The van der Waals surface area contributed by atoms with Crippen LogP contribution in [-0.4, -0.2) is 17.9 Å². The number of benzene rings is 2. The summed E-state index contributed by atoms with van der Waals surface area (Å²) >= 11 is 6.18. The number of aryl methyl sites for hydroxylation is 2. The summed E-state index contributed by atoms with van der Waals surface area (Å²) < 4.78 is 5.83. The summed E-state index contributed by atoms with van der Waals surface area (Å²) in [4.78, 5) is 27.3. The number of hydrogen-bond donors (Lipinski definition) is 0. The number of fused-ring (bicyclic) bond motifs is 2. The van der Waals surface area contributed by atoms with Crippen LogP contribution in [0.2, 0.25) is 5.02 Å². The minimum absolute atomic E-state index is 0.118. The van der Waals surface area contributed by atoms with E-state index in [0.717, 1.165) is 16.7 Å². The molecule has 1 aliphatic heterocycles. The lowest BCUT2D eigenvalue weighted by Crippen LogP contribution is -2.25. The minimum Gasteiger partial charge on any atom is -0.450 e. The first-order valence-electron chi connectivity index (χ1n) is 7.99. The van der Waals surface area contributed by atoms with Crippen molar-refractivity contribution in [2.24, 2.45) is 0 Å². The molecule has 3 aromatic rings. The number of rotatable bonds is 1. The fourth-order valence-corrected chi connectivity index (χ4v) is 3.51. The van der Waals surface area contributed by atoms with Gasteiger partial charge in [-0.15, -0.1) is 0 Å². The molecule has 1 unspecified atom stereocenters. The summed E-state index contributed by atoms with van der Waals surface area (Å²) in [5, 5.41) is 0.902. The predicted octanol–water partition coefficient (Wildman–Crippen LogP) is 4.24. The maximum atomic E-state index is 13.1. The van der Waals surface area contributed by atoms with Gasteiger partial charge in [-0.05, 0) is 37.1 Å². The van der Waals surface area contributed by atoms with Crippen molar-refractivity contribution in [1.82, 2.24) is 4.90 Å². The molecule has 1 aliphatic rings. The molecule has 2 aromatic carbocycles. The average molecular weight is 354 g/mol. The van der Waals surface area contributed by atoms with Crippen molar-refractivity contribution in [3.63, 3.8) is 0 Å². The smallest absolute Gasteiger partial charge is 0.290 e. The molecule has 0 saturated heterocycles. The first-order valence-corrected chi connectivity index (χ1v) is 8.37. The second-order valence-electron chi connectivity index (χ2n) is 6.50. The molecule has 25 heavy (non-hydrogen) atoms. The Kier molecular flexibility index (Phi) is 3.48. The molecule has 0 saturated carbocycles. The van der Waals surface area contributed by atoms with Crippen LogP contribution in [0.1, 0.15) is 38.9 Å². The fourth-order valence-electron chi connectivity index (χ4n) is 3.35. The Bertz CT molecular complexity index is 1080. The molecule has 4 nitrogen and oxygen atoms in total. The van der Waals surface area contributed by atoms with Gasteiger partial charge in [0, 0.05) is 12.1 Å². The molecule has 0 bridgehead atoms. The number of carbonyl (C=O) groups is 1. The van der Waals surface area contributed by atoms with Crippen molar-refractivity contribution in [1.29, 1.82) is 0 Å². The molecule has 0 radical (unpaired) electrons. The van der Waals surface area contributed by atoms with E-state index in [1.807, 2.05) is 38.1 Å². The van der Waals surface area contributed by atoms with Crippen molar-refractivity contribution in [3.05, 3.63) is 79.7 Å². The quantitative estimate of drug-likeness (QED) is 0.657. The monoisotopic (exact) mass is 353 g/mol. The highest BCUT2D eigenvalue weighted by Gasteiger charge is 2.40. The lowest BCUT2D eigenvalue weighted by molar-refractivity contribution is 0.0771. The van der Waals surface area contributed by atoms with E-state index >= 15 is 0 Å². The molecular formula is C20H16ClNO3. The van der Waals surface area contributed by atoms with E-state index in [1.165, 1.54) is 0 Å². The predicted molar refractivity (Wildman–Crippen MR) is 97.3 cm³/mol. The van der Waals surface area contributed by atoms with Crippen molar-refractivity contribution in [2.45, 2.75) is 19.9 Å². The number of carbonyl (C=O) groups excluding carboxylic acids is 1. The van der Waals surface area contributed by atoms with E-state index in [0.29, 0.717) is 21.6 Å². The molecule has 0 N–H and O–H groups in total. The highest BCUT2D eigenvalue weighted by Crippen LogP contribution is 2.37. The van der Waals surface area contributed by atoms with Crippen LogP contribution in [0.5, 0.6) is 0 Å². The van der Waals surface area contributed by atoms with Crippen molar-refractivity contribution in [3.8, 4) is 0 Å². The van der Waals surface area contributed by atoms with Gasteiger partial charge in [-0.1, -0.05) is 41.4 Å². The molecule has 0 aliphatic carbocycles. The average Bonchev–Trinajstić information content (AvgIpc) is 2.83. The van der Waals surface area contributed by atoms with Crippen LogP contribution in [0.25, 0.3) is 11.0 Å². The molecule has 0 fully saturated rings. The summed E-state index contributed by atoms with van der Waals surface area (Å²) in [7, 11) is 1.69. The van der Waals surface area contributed by atoms with E-state index in [4.69, 9.17) is 16.0 Å². The van der Waals surface area contributed by atoms with Crippen molar-refractivity contribution >= 4 is 28.5 Å². The van der Waals surface area contributed by atoms with E-state index in [9.17, 15) is 9.59 Å². The van der Waals surface area contributed by atoms with E-state index in [-0.39, 0.29) is 17.1 Å². The first kappa shape index (κ1) is 15.9. The Balaban J connectivity index is 2.03. The molecule has 2 heterocycles. The van der Waals surface area contributed by atoms with Gasteiger partial charge in [0.1, 0.15) is 5.58 Å². The van der Waals surface area contributed by atoms with Gasteiger partial charge in [-0.25, -0.2) is 0 Å². The minimum atomic E-state index is -0.455. The molecule has 1 amide bonds. The lowest BCUT2D eigenvalue weighted by atomic mass is 9.98. The zero-order valence-electron chi connectivity index (χ0n) is 14.1. The van der Waals surface area contributed by atoms with Gasteiger partial charge in [-0.3, -0.25) is 9.59 Å². The number of halogens is 1. The lowest BCUT2D eigenvalue weighted by Gasteiger charge is -2.20. The Morgan fingerprint density at radius 1 is 1.08 bits per heavy atom. The number of hydrogen-bond acceptors (Lipinski definition) is 3. The normalized spacial score (nSPS) is 16.6. The topological polar surface area (TPSA) is 50.5 Å². The third kappa shape index (κ3) is 2.29. The maximum Gasteiger partial charge on any atom is 0.290 e. The van der Waals surface area contributed by atoms with Crippen LogP contribution in [0.15, 0.2) is 45.6 Å². The van der Waals surface area contributed by atoms with E-state index in [1.54, 1.807) is 24.1 Å². The van der Waals surface area contributed by atoms with Crippen LogP contribution >= 0.6 is 11.6 Å². The Hall–Kier alpha value is -2.59. The third-order valence-electron chi connectivity index (χ3n) is 4.78. The van der Waals surface area contributed by atoms with Gasteiger partial charge < -0.3 is 9.32 Å². The molecule has 126 valence electrons. The van der Waals surface area contributed by atoms with Gasteiger partial charge in [0.15, 0.2) is 5.43 Å². The summed E-state index contributed by atoms with van der Waals surface area (Å²) in [6.07, 6.45) is 0. The van der Waals surface area contributed by atoms with Gasteiger partial charge in [0.2, 0.25) is 5.76 Å². The van der Waals surface area contributed by atoms with Crippen LogP contribution in [0.3, 0.4) is 0 Å². The van der Waals surface area contributed by atoms with Crippen molar-refractivity contribution < 1.29 is 9.21 Å². The largest absolute Gasteiger partial charge is 0.450 e. The van der Waals surface area contributed by atoms with Crippen LogP contribution in [0.4, 0.5) is 0 Å². The van der Waals surface area contributed by atoms with Gasteiger partial charge >= 0.3 is 0 Å². The molecular weight excluding hydrogens is 338 g/mol.